The summed E-state index contributed by atoms with van der Waals surface area (Å²) in [6, 6.07) is 9.18. The number of carbonyl (C=O) groups excluding carboxylic acids is 1. The van der Waals surface area contributed by atoms with Gasteiger partial charge in [-0.1, -0.05) is 0 Å². The van der Waals surface area contributed by atoms with Gasteiger partial charge in [-0.25, -0.2) is 14.2 Å². The Morgan fingerprint density at radius 2 is 1.76 bits per heavy atom. The summed E-state index contributed by atoms with van der Waals surface area (Å²) in [5.74, 6) is 1.71. The Balaban J connectivity index is 1.51. The molecule has 10 nitrogen and oxygen atoms in total. The van der Waals surface area contributed by atoms with Crippen LogP contribution in [0.5, 0.6) is 17.2 Å². The van der Waals surface area contributed by atoms with Gasteiger partial charge in [0, 0.05) is 35.6 Å². The molecule has 1 aromatic heterocycles. The van der Waals surface area contributed by atoms with E-state index in [0.29, 0.717) is 65.9 Å². The Labute approximate surface area is 220 Å². The number of hydrogen-bond donors (Lipinski definition) is 2. The first kappa shape index (κ1) is 25.5. The van der Waals surface area contributed by atoms with E-state index in [1.165, 1.54) is 24.1 Å². The van der Waals surface area contributed by atoms with Gasteiger partial charge in [-0.15, -0.1) is 0 Å². The van der Waals surface area contributed by atoms with Gasteiger partial charge in [0.2, 0.25) is 5.95 Å². The van der Waals surface area contributed by atoms with Crippen LogP contribution in [0.1, 0.15) is 31.2 Å². The maximum absolute atomic E-state index is 15.0. The van der Waals surface area contributed by atoms with E-state index in [1.807, 2.05) is 6.07 Å². The molecule has 0 radical (unpaired) electrons. The summed E-state index contributed by atoms with van der Waals surface area (Å²) in [7, 11) is 4.58. The number of halogens is 1. The summed E-state index contributed by atoms with van der Waals surface area (Å²) in [4.78, 5) is 26.1. The lowest BCUT2D eigenvalue weighted by Gasteiger charge is -2.42. The smallest absolute Gasteiger partial charge is 0.330 e. The van der Waals surface area contributed by atoms with Crippen LogP contribution in [0.3, 0.4) is 0 Å². The van der Waals surface area contributed by atoms with Crippen LogP contribution in [-0.2, 0) is 6.54 Å². The van der Waals surface area contributed by atoms with Crippen LogP contribution in [0.4, 0.5) is 32.3 Å². The lowest BCUT2D eigenvalue weighted by atomic mass is 9.91. The average Bonchev–Trinajstić information content (AvgIpc) is 2.93. The number of benzene rings is 2. The molecule has 2 aromatic carbocycles. The molecule has 1 aliphatic carbocycles. The second kappa shape index (κ2) is 10.7. The van der Waals surface area contributed by atoms with Crippen molar-refractivity contribution in [2.24, 2.45) is 0 Å². The number of aromatic nitrogens is 2. The Morgan fingerprint density at radius 1 is 1.00 bits per heavy atom. The van der Waals surface area contributed by atoms with E-state index in [2.05, 4.69) is 10.3 Å². The second-order valence-corrected chi connectivity index (χ2v) is 9.26. The van der Waals surface area contributed by atoms with E-state index < -0.39 is 11.9 Å². The van der Waals surface area contributed by atoms with Gasteiger partial charge in [-0.2, -0.15) is 4.98 Å². The number of aliphatic hydroxyl groups is 1. The highest BCUT2D eigenvalue weighted by molar-refractivity contribution is 6.06. The fourth-order valence-electron chi connectivity index (χ4n) is 4.95. The van der Waals surface area contributed by atoms with Crippen LogP contribution in [0.15, 0.2) is 42.6 Å². The third-order valence-corrected chi connectivity index (χ3v) is 6.95. The number of hydrogen-bond acceptors (Lipinski definition) is 8. The fourth-order valence-corrected chi connectivity index (χ4v) is 4.95. The number of aliphatic hydroxyl groups excluding tert-OH is 1. The Kier molecular flexibility index (Phi) is 7.19. The topological polar surface area (TPSA) is 109 Å². The predicted octanol–water partition coefficient (Wildman–Crippen LogP) is 4.64. The number of urea groups is 1. The Bertz CT molecular complexity index is 1330. The minimum absolute atomic E-state index is 0.111. The van der Waals surface area contributed by atoms with Crippen molar-refractivity contribution in [2.45, 2.75) is 44.4 Å². The predicted molar refractivity (Wildman–Crippen MR) is 140 cm³/mol. The quantitative estimate of drug-likeness (QED) is 0.461. The monoisotopic (exact) mass is 523 g/mol. The molecule has 1 aliphatic heterocycles. The van der Waals surface area contributed by atoms with Gasteiger partial charge >= 0.3 is 6.03 Å². The van der Waals surface area contributed by atoms with Crippen molar-refractivity contribution < 1.29 is 28.5 Å². The molecule has 200 valence electrons. The number of nitrogens with zero attached hydrogens (tertiary/aromatic N) is 4. The van der Waals surface area contributed by atoms with Crippen LogP contribution in [0, 0.1) is 5.82 Å². The summed E-state index contributed by atoms with van der Waals surface area (Å²) in [6.45, 7) is 0.111. The number of fused-ring (bicyclic) bond motifs is 1. The van der Waals surface area contributed by atoms with Crippen molar-refractivity contribution in [1.82, 2.24) is 9.97 Å². The maximum Gasteiger partial charge on any atom is 0.330 e. The summed E-state index contributed by atoms with van der Waals surface area (Å²) in [5.41, 5.74) is 1.51. The molecule has 0 bridgehead atoms. The lowest BCUT2D eigenvalue weighted by Crippen LogP contribution is -2.53. The zero-order valence-corrected chi connectivity index (χ0v) is 21.5. The minimum Gasteiger partial charge on any atom is -0.497 e. The van der Waals surface area contributed by atoms with Crippen molar-refractivity contribution in [1.29, 1.82) is 0 Å². The molecule has 38 heavy (non-hydrogen) atoms. The van der Waals surface area contributed by atoms with Crippen LogP contribution < -0.4 is 29.3 Å². The lowest BCUT2D eigenvalue weighted by molar-refractivity contribution is 0.122. The van der Waals surface area contributed by atoms with Crippen LogP contribution in [0.25, 0.3) is 0 Å². The number of methoxy groups -OCH3 is 3. The molecule has 1 fully saturated rings. The van der Waals surface area contributed by atoms with Crippen molar-refractivity contribution >= 4 is 29.2 Å². The molecule has 0 spiro atoms. The average molecular weight is 524 g/mol. The third-order valence-electron chi connectivity index (χ3n) is 6.95. The molecule has 2 N–H and O–H groups in total. The minimum atomic E-state index is -0.562. The van der Waals surface area contributed by atoms with Crippen molar-refractivity contribution in [2.75, 3.05) is 36.4 Å². The molecule has 0 unspecified atom stereocenters. The number of nitrogens with one attached hydrogen (secondary N) is 1. The van der Waals surface area contributed by atoms with Crippen LogP contribution in [-0.4, -0.2) is 54.6 Å². The van der Waals surface area contributed by atoms with Gasteiger partial charge in [-0.3, -0.25) is 9.80 Å². The Morgan fingerprint density at radius 3 is 2.45 bits per heavy atom. The normalized spacial score (nSPS) is 19.1. The zero-order valence-electron chi connectivity index (χ0n) is 21.5. The van der Waals surface area contributed by atoms with Gasteiger partial charge in [0.25, 0.3) is 0 Å². The van der Waals surface area contributed by atoms with Crippen molar-refractivity contribution in [3.63, 3.8) is 0 Å². The molecular formula is C27H30FN5O5. The molecule has 2 aliphatic rings. The first-order chi connectivity index (χ1) is 18.4. The van der Waals surface area contributed by atoms with Gasteiger partial charge in [-0.05, 0) is 49.9 Å². The number of anilines is 4. The second-order valence-electron chi connectivity index (χ2n) is 9.26. The van der Waals surface area contributed by atoms with Gasteiger partial charge in [0.05, 0.1) is 39.7 Å². The SMILES string of the molecule is COc1ccc(N2Cc3cnc(Nc4ccc(OC)c(OC)c4)nc3N(C3CCC(O)CC3)C2=O)c(F)c1. The van der Waals surface area contributed by atoms with Gasteiger partial charge in [0.15, 0.2) is 17.3 Å². The molecule has 1 saturated carbocycles. The van der Waals surface area contributed by atoms with E-state index >= 15 is 4.39 Å². The largest absolute Gasteiger partial charge is 0.497 e. The molecule has 0 atom stereocenters. The molecule has 0 saturated heterocycles. The highest BCUT2D eigenvalue weighted by Crippen LogP contribution is 2.38. The molecule has 3 aromatic rings. The summed E-state index contributed by atoms with van der Waals surface area (Å²) >= 11 is 0. The number of ether oxygens (including phenoxy) is 3. The van der Waals surface area contributed by atoms with E-state index in [0.717, 1.165) is 0 Å². The van der Waals surface area contributed by atoms with Crippen LogP contribution >= 0.6 is 0 Å². The van der Waals surface area contributed by atoms with E-state index in [-0.39, 0.29) is 24.3 Å². The van der Waals surface area contributed by atoms with Crippen molar-refractivity contribution in [3.05, 3.63) is 54.0 Å². The fraction of sp³-hybridized carbons (Fsp3) is 0.370. The first-order valence-corrected chi connectivity index (χ1v) is 12.4. The summed E-state index contributed by atoms with van der Waals surface area (Å²) in [6.07, 6.45) is 3.61. The molecule has 2 heterocycles. The summed E-state index contributed by atoms with van der Waals surface area (Å²) in [5, 5.41) is 13.2. The Hall–Kier alpha value is -4.12. The number of carbonyl (C=O) groups is 1. The number of amides is 2. The van der Waals surface area contributed by atoms with E-state index in [1.54, 1.807) is 43.5 Å². The molecule has 2 amide bonds. The molecular weight excluding hydrogens is 493 g/mol. The molecule has 5 rings (SSSR count). The van der Waals surface area contributed by atoms with Gasteiger partial charge < -0.3 is 24.6 Å². The van der Waals surface area contributed by atoms with Crippen molar-refractivity contribution in [3.8, 4) is 17.2 Å². The van der Waals surface area contributed by atoms with E-state index in [9.17, 15) is 9.90 Å². The van der Waals surface area contributed by atoms with Crippen LogP contribution in [0.2, 0.25) is 0 Å². The standard InChI is InChI=1S/C27H30FN5O5/c1-36-20-9-10-22(21(28)13-20)32-15-16-14-29-26(30-17-4-11-23(37-2)24(12-17)38-3)31-25(16)33(27(32)35)18-5-7-19(34)8-6-18/h4,9-14,18-19,34H,5-8,15H2,1-3H3,(H,29,30,31). The first-order valence-electron chi connectivity index (χ1n) is 12.4. The highest BCUT2D eigenvalue weighted by Gasteiger charge is 2.39. The highest BCUT2D eigenvalue weighted by atomic mass is 19.1. The number of rotatable bonds is 7. The van der Waals surface area contributed by atoms with Gasteiger partial charge in [0.1, 0.15) is 11.6 Å². The molecule has 11 heteroatoms. The van der Waals surface area contributed by atoms with E-state index in [4.69, 9.17) is 19.2 Å². The maximum atomic E-state index is 15.0. The zero-order chi connectivity index (χ0) is 26.8. The third kappa shape index (κ3) is 4.89. The summed E-state index contributed by atoms with van der Waals surface area (Å²) < 4.78 is 30.8.